The molecule has 0 radical (unpaired) electrons. The summed E-state index contributed by atoms with van der Waals surface area (Å²) in [5.74, 6) is -0.465. The second-order valence-electron chi connectivity index (χ2n) is 5.37. The Labute approximate surface area is 126 Å². The van der Waals surface area contributed by atoms with Crippen molar-refractivity contribution in [1.29, 1.82) is 0 Å². The van der Waals surface area contributed by atoms with Crippen molar-refractivity contribution in [2.24, 2.45) is 0 Å². The molecule has 3 N–H and O–H groups in total. The average molecular weight is 336 g/mol. The van der Waals surface area contributed by atoms with Crippen LogP contribution in [0.5, 0.6) is 0 Å². The zero-order valence-corrected chi connectivity index (χ0v) is 12.3. The van der Waals surface area contributed by atoms with E-state index in [2.05, 4.69) is 15.1 Å². The van der Waals surface area contributed by atoms with E-state index in [0.717, 1.165) is 0 Å². The standard InChI is InChI=1S/C10H16N4O7S/c15-9(12-20-7-3-11-4-7)8-2-1-6-5-13(8)10(16)14(6)21-22(17,18)19/h6-8,11H,1-5H2,(H,12,15)(H,17,18,19)/t6?,8-/m0/s1. The van der Waals surface area contributed by atoms with Crippen LogP contribution in [0.15, 0.2) is 0 Å². The number of hydroxylamine groups is 3. The summed E-state index contributed by atoms with van der Waals surface area (Å²) in [5.41, 5.74) is 2.32. The first kappa shape index (κ1) is 15.4. The van der Waals surface area contributed by atoms with Crippen molar-refractivity contribution in [2.45, 2.75) is 31.0 Å². The van der Waals surface area contributed by atoms with E-state index in [-0.39, 0.29) is 12.6 Å². The van der Waals surface area contributed by atoms with Crippen LogP contribution < -0.4 is 10.8 Å². The molecule has 0 aromatic carbocycles. The van der Waals surface area contributed by atoms with Crippen LogP contribution in [0, 0.1) is 0 Å². The van der Waals surface area contributed by atoms with Gasteiger partial charge in [0.25, 0.3) is 5.91 Å². The normalized spacial score (nSPS) is 28.7. The van der Waals surface area contributed by atoms with Crippen LogP contribution in [-0.4, -0.2) is 72.7 Å². The Bertz CT molecular complexity index is 578. The summed E-state index contributed by atoms with van der Waals surface area (Å²) in [6, 6.07) is -2.05. The first-order valence-corrected chi connectivity index (χ1v) is 8.15. The molecule has 3 aliphatic heterocycles. The van der Waals surface area contributed by atoms with Gasteiger partial charge in [0.05, 0.1) is 6.04 Å². The van der Waals surface area contributed by atoms with Crippen LogP contribution in [-0.2, 0) is 24.3 Å². The fraction of sp³-hybridized carbons (Fsp3) is 0.800. The maximum atomic E-state index is 12.1. The summed E-state index contributed by atoms with van der Waals surface area (Å²) in [6.45, 7) is 1.44. The van der Waals surface area contributed by atoms with Crippen molar-refractivity contribution < 1.29 is 31.7 Å². The number of nitrogens with zero attached hydrogens (tertiary/aromatic N) is 2. The summed E-state index contributed by atoms with van der Waals surface area (Å²) in [4.78, 5) is 30.6. The Kier molecular flexibility index (Phi) is 3.94. The summed E-state index contributed by atoms with van der Waals surface area (Å²) in [6.07, 6.45) is 0.634. The Morgan fingerprint density at radius 3 is 2.68 bits per heavy atom. The highest BCUT2D eigenvalue weighted by atomic mass is 32.3. The van der Waals surface area contributed by atoms with Gasteiger partial charge in [0, 0.05) is 19.6 Å². The third-order valence-electron chi connectivity index (χ3n) is 3.87. The van der Waals surface area contributed by atoms with E-state index >= 15 is 0 Å². The molecule has 11 nitrogen and oxygen atoms in total. The summed E-state index contributed by atoms with van der Waals surface area (Å²) >= 11 is 0. The van der Waals surface area contributed by atoms with Crippen LogP contribution in [0.2, 0.25) is 0 Å². The minimum Gasteiger partial charge on any atom is -0.311 e. The highest BCUT2D eigenvalue weighted by Crippen LogP contribution is 2.30. The largest absolute Gasteiger partial charge is 0.418 e. The maximum Gasteiger partial charge on any atom is 0.418 e. The molecule has 0 saturated carbocycles. The highest BCUT2D eigenvalue weighted by molar-refractivity contribution is 7.80. The third kappa shape index (κ3) is 3.01. The lowest BCUT2D eigenvalue weighted by molar-refractivity contribution is -0.146. The van der Waals surface area contributed by atoms with Gasteiger partial charge in [0.15, 0.2) is 0 Å². The average Bonchev–Trinajstić information content (AvgIpc) is 2.61. The minimum atomic E-state index is -4.79. The number of hydrogen-bond acceptors (Lipinski definition) is 7. The van der Waals surface area contributed by atoms with E-state index in [1.54, 1.807) is 0 Å². The molecule has 124 valence electrons. The molecule has 0 aromatic heterocycles. The Morgan fingerprint density at radius 1 is 1.36 bits per heavy atom. The van der Waals surface area contributed by atoms with Crippen molar-refractivity contribution in [2.75, 3.05) is 19.6 Å². The summed E-state index contributed by atoms with van der Waals surface area (Å²) in [5, 5.41) is 3.58. The number of piperidine rings is 1. The second-order valence-corrected chi connectivity index (χ2v) is 6.38. The summed E-state index contributed by atoms with van der Waals surface area (Å²) in [7, 11) is -4.79. The monoisotopic (exact) mass is 336 g/mol. The smallest absolute Gasteiger partial charge is 0.311 e. The SMILES string of the molecule is O=C(NOC1CNC1)[C@@H]1CCC2CN1C(=O)N2OS(=O)(=O)O. The van der Waals surface area contributed by atoms with Crippen LogP contribution >= 0.6 is 0 Å². The molecule has 3 rings (SSSR count). The molecule has 0 aromatic rings. The molecular weight excluding hydrogens is 320 g/mol. The molecule has 3 saturated heterocycles. The van der Waals surface area contributed by atoms with E-state index in [0.29, 0.717) is 31.0 Å². The molecule has 0 spiro atoms. The first-order valence-electron chi connectivity index (χ1n) is 6.78. The van der Waals surface area contributed by atoms with Gasteiger partial charge in [-0.2, -0.15) is 13.5 Å². The number of amides is 3. The number of carbonyl (C=O) groups excluding carboxylic acids is 2. The van der Waals surface area contributed by atoms with Gasteiger partial charge in [0.2, 0.25) is 0 Å². The van der Waals surface area contributed by atoms with Crippen LogP contribution in [0.25, 0.3) is 0 Å². The fourth-order valence-corrected chi connectivity index (χ4v) is 3.05. The second kappa shape index (κ2) is 5.62. The highest BCUT2D eigenvalue weighted by Gasteiger charge is 2.49. The van der Waals surface area contributed by atoms with Gasteiger partial charge >= 0.3 is 16.4 Å². The van der Waals surface area contributed by atoms with Crippen molar-refractivity contribution in [3.05, 3.63) is 0 Å². The van der Waals surface area contributed by atoms with E-state index in [1.807, 2.05) is 0 Å². The van der Waals surface area contributed by atoms with Crippen LogP contribution in [0.3, 0.4) is 0 Å². The van der Waals surface area contributed by atoms with Gasteiger partial charge in [-0.25, -0.2) is 10.3 Å². The number of urea groups is 1. The molecule has 3 aliphatic rings. The molecule has 2 bridgehead atoms. The van der Waals surface area contributed by atoms with Crippen molar-refractivity contribution in [1.82, 2.24) is 20.8 Å². The summed E-state index contributed by atoms with van der Waals surface area (Å²) < 4.78 is 34.5. The first-order chi connectivity index (χ1) is 10.3. The van der Waals surface area contributed by atoms with E-state index in [4.69, 9.17) is 9.39 Å². The third-order valence-corrected chi connectivity index (χ3v) is 4.22. The molecular formula is C10H16N4O7S. The van der Waals surface area contributed by atoms with Gasteiger partial charge in [-0.3, -0.25) is 14.2 Å². The lowest BCUT2D eigenvalue weighted by Crippen LogP contribution is -2.55. The molecule has 2 atom stereocenters. The number of rotatable bonds is 5. The van der Waals surface area contributed by atoms with Gasteiger partial charge in [-0.1, -0.05) is 0 Å². The van der Waals surface area contributed by atoms with Gasteiger partial charge in [0.1, 0.15) is 12.1 Å². The van der Waals surface area contributed by atoms with E-state index < -0.39 is 34.4 Å². The maximum absolute atomic E-state index is 12.1. The van der Waals surface area contributed by atoms with Gasteiger partial charge in [-0.05, 0) is 12.8 Å². The number of carbonyl (C=O) groups is 2. The van der Waals surface area contributed by atoms with Crippen LogP contribution in [0.4, 0.5) is 4.79 Å². The molecule has 22 heavy (non-hydrogen) atoms. The quantitative estimate of drug-likeness (QED) is 0.387. The van der Waals surface area contributed by atoms with E-state index in [1.165, 1.54) is 4.90 Å². The van der Waals surface area contributed by atoms with Gasteiger partial charge < -0.3 is 10.2 Å². The zero-order valence-electron chi connectivity index (χ0n) is 11.5. The van der Waals surface area contributed by atoms with Crippen molar-refractivity contribution in [3.63, 3.8) is 0 Å². The van der Waals surface area contributed by atoms with Gasteiger partial charge in [-0.15, -0.1) is 4.28 Å². The van der Waals surface area contributed by atoms with Crippen molar-refractivity contribution in [3.8, 4) is 0 Å². The lowest BCUT2D eigenvalue weighted by atomic mass is 10.0. The molecule has 12 heteroatoms. The Hall–Kier alpha value is -1.47. The fourth-order valence-electron chi connectivity index (χ4n) is 2.66. The van der Waals surface area contributed by atoms with E-state index in [9.17, 15) is 18.0 Å². The Morgan fingerprint density at radius 2 is 2.09 bits per heavy atom. The molecule has 3 amide bonds. The predicted molar refractivity (Wildman–Crippen MR) is 69.3 cm³/mol. The molecule has 3 heterocycles. The Balaban J connectivity index is 1.62. The molecule has 3 fully saturated rings. The number of nitrogens with one attached hydrogen (secondary N) is 2. The zero-order chi connectivity index (χ0) is 15.9. The van der Waals surface area contributed by atoms with Crippen molar-refractivity contribution >= 4 is 22.3 Å². The minimum absolute atomic E-state index is 0.0890. The molecule has 1 unspecified atom stereocenters. The predicted octanol–water partition coefficient (Wildman–Crippen LogP) is -1.99. The number of hydrogen-bond donors (Lipinski definition) is 3. The van der Waals surface area contributed by atoms with Crippen LogP contribution in [0.1, 0.15) is 12.8 Å². The topological polar surface area (TPSA) is 138 Å². The lowest BCUT2D eigenvalue weighted by Gasteiger charge is -2.31. The number of fused-ring (bicyclic) bond motifs is 2. The molecule has 0 aliphatic carbocycles.